The van der Waals surface area contributed by atoms with Crippen LogP contribution in [0.2, 0.25) is 0 Å². The molecule has 15 heavy (non-hydrogen) atoms. The van der Waals surface area contributed by atoms with Gasteiger partial charge in [0.05, 0.1) is 7.11 Å². The molecule has 0 aromatic heterocycles. The van der Waals surface area contributed by atoms with Crippen molar-refractivity contribution in [1.82, 2.24) is 5.48 Å². The van der Waals surface area contributed by atoms with Gasteiger partial charge in [-0.1, -0.05) is 6.07 Å². The normalized spacial score (nSPS) is 14.5. The van der Waals surface area contributed by atoms with Crippen molar-refractivity contribution < 1.29 is 9.63 Å². The molecule has 1 aliphatic rings. The molecule has 0 heterocycles. The Morgan fingerprint density at radius 3 is 2.73 bits per heavy atom. The Balaban J connectivity index is 2.24. The molecule has 0 fully saturated rings. The lowest BCUT2D eigenvalue weighted by Crippen LogP contribution is -2.22. The highest BCUT2D eigenvalue weighted by Crippen LogP contribution is 2.22. The van der Waals surface area contributed by atoms with Crippen LogP contribution in [0, 0.1) is 0 Å². The number of hydrogen-bond acceptors (Lipinski definition) is 2. The first-order valence-corrected chi connectivity index (χ1v) is 5.26. The van der Waals surface area contributed by atoms with Crippen LogP contribution < -0.4 is 5.48 Å². The zero-order valence-electron chi connectivity index (χ0n) is 8.88. The largest absolute Gasteiger partial charge is 0.277 e. The highest BCUT2D eigenvalue weighted by Gasteiger charge is 2.12. The van der Waals surface area contributed by atoms with Crippen LogP contribution in [0.1, 0.15) is 34.3 Å². The molecule has 1 aromatic carbocycles. The fraction of sp³-hybridized carbons (Fsp3) is 0.417. The minimum Gasteiger partial charge on any atom is -0.277 e. The average Bonchev–Trinajstić information content (AvgIpc) is 2.29. The molecule has 0 saturated heterocycles. The monoisotopic (exact) mass is 205 g/mol. The molecule has 1 aromatic rings. The topological polar surface area (TPSA) is 38.3 Å². The number of carbonyl (C=O) groups is 1. The maximum atomic E-state index is 11.5. The van der Waals surface area contributed by atoms with Gasteiger partial charge in [-0.25, -0.2) is 5.48 Å². The summed E-state index contributed by atoms with van der Waals surface area (Å²) < 4.78 is 0. The molecule has 0 bridgehead atoms. The van der Waals surface area contributed by atoms with Crippen LogP contribution in [0.15, 0.2) is 18.2 Å². The van der Waals surface area contributed by atoms with Crippen LogP contribution in [0.4, 0.5) is 0 Å². The van der Waals surface area contributed by atoms with Gasteiger partial charge in [-0.3, -0.25) is 9.63 Å². The molecule has 1 N–H and O–H groups in total. The van der Waals surface area contributed by atoms with Crippen LogP contribution in [-0.4, -0.2) is 13.0 Å². The Bertz CT molecular complexity index is 374. The molecule has 0 atom stereocenters. The van der Waals surface area contributed by atoms with E-state index in [0.717, 1.165) is 12.8 Å². The Labute approximate surface area is 89.4 Å². The fourth-order valence-electron chi connectivity index (χ4n) is 2.03. The van der Waals surface area contributed by atoms with Gasteiger partial charge in [0, 0.05) is 5.56 Å². The first-order valence-electron chi connectivity index (χ1n) is 5.26. The minimum absolute atomic E-state index is 0.175. The fourth-order valence-corrected chi connectivity index (χ4v) is 2.03. The zero-order valence-corrected chi connectivity index (χ0v) is 8.88. The van der Waals surface area contributed by atoms with E-state index in [1.807, 2.05) is 12.1 Å². The summed E-state index contributed by atoms with van der Waals surface area (Å²) in [5, 5.41) is 0. The molecular weight excluding hydrogens is 190 g/mol. The summed E-state index contributed by atoms with van der Waals surface area (Å²) in [6.45, 7) is 0. The highest BCUT2D eigenvalue weighted by atomic mass is 16.6. The summed E-state index contributed by atoms with van der Waals surface area (Å²) in [6, 6.07) is 5.89. The second kappa shape index (κ2) is 4.45. The SMILES string of the molecule is CONC(=O)c1ccc2c(c1)CCCC2. The molecule has 0 aliphatic heterocycles. The lowest BCUT2D eigenvalue weighted by atomic mass is 9.90. The van der Waals surface area contributed by atoms with Crippen molar-refractivity contribution in [2.24, 2.45) is 0 Å². The molecule has 1 amide bonds. The third-order valence-corrected chi connectivity index (χ3v) is 2.81. The number of rotatable bonds is 2. The van der Waals surface area contributed by atoms with Crippen LogP contribution in [-0.2, 0) is 17.7 Å². The number of hydrogen-bond donors (Lipinski definition) is 1. The number of amides is 1. The van der Waals surface area contributed by atoms with E-state index in [9.17, 15) is 4.79 Å². The number of nitrogens with one attached hydrogen (secondary N) is 1. The number of carbonyl (C=O) groups excluding carboxylic acids is 1. The first kappa shape index (κ1) is 10.2. The van der Waals surface area contributed by atoms with Crippen LogP contribution in [0.3, 0.4) is 0 Å². The van der Waals surface area contributed by atoms with Crippen molar-refractivity contribution in [3.63, 3.8) is 0 Å². The maximum Gasteiger partial charge on any atom is 0.274 e. The van der Waals surface area contributed by atoms with Gasteiger partial charge in [-0.2, -0.15) is 0 Å². The van der Waals surface area contributed by atoms with Crippen molar-refractivity contribution >= 4 is 5.91 Å². The van der Waals surface area contributed by atoms with E-state index in [4.69, 9.17) is 0 Å². The van der Waals surface area contributed by atoms with Gasteiger partial charge in [0.2, 0.25) is 0 Å². The molecule has 2 rings (SSSR count). The van der Waals surface area contributed by atoms with Gasteiger partial charge in [0.25, 0.3) is 5.91 Å². The van der Waals surface area contributed by atoms with Crippen LogP contribution in [0.5, 0.6) is 0 Å². The van der Waals surface area contributed by atoms with E-state index >= 15 is 0 Å². The Kier molecular flexibility index (Phi) is 3.02. The predicted molar refractivity (Wildman–Crippen MR) is 57.6 cm³/mol. The zero-order chi connectivity index (χ0) is 10.7. The van der Waals surface area contributed by atoms with E-state index < -0.39 is 0 Å². The van der Waals surface area contributed by atoms with Gasteiger partial charge >= 0.3 is 0 Å². The highest BCUT2D eigenvalue weighted by molar-refractivity contribution is 5.93. The van der Waals surface area contributed by atoms with Crippen molar-refractivity contribution in [2.45, 2.75) is 25.7 Å². The minimum atomic E-state index is -0.175. The van der Waals surface area contributed by atoms with Crippen molar-refractivity contribution in [1.29, 1.82) is 0 Å². The van der Waals surface area contributed by atoms with Crippen molar-refractivity contribution in [2.75, 3.05) is 7.11 Å². The summed E-state index contributed by atoms with van der Waals surface area (Å²) in [7, 11) is 1.44. The van der Waals surface area contributed by atoms with Gasteiger partial charge in [-0.15, -0.1) is 0 Å². The molecule has 1 aliphatic carbocycles. The third-order valence-electron chi connectivity index (χ3n) is 2.81. The second-order valence-electron chi connectivity index (χ2n) is 3.83. The number of benzene rings is 1. The van der Waals surface area contributed by atoms with Crippen molar-refractivity contribution in [3.8, 4) is 0 Å². The molecule has 3 heteroatoms. The quantitative estimate of drug-likeness (QED) is 0.748. The molecule has 3 nitrogen and oxygen atoms in total. The summed E-state index contributed by atoms with van der Waals surface area (Å²) in [5.41, 5.74) is 5.70. The molecular formula is C12H15NO2. The summed E-state index contributed by atoms with van der Waals surface area (Å²) in [6.07, 6.45) is 4.71. The summed E-state index contributed by atoms with van der Waals surface area (Å²) in [5.74, 6) is -0.175. The maximum absolute atomic E-state index is 11.5. The standard InChI is InChI=1S/C12H15NO2/c1-15-13-12(14)11-7-6-9-4-2-3-5-10(9)8-11/h6-8H,2-5H2,1H3,(H,13,14). The lowest BCUT2D eigenvalue weighted by Gasteiger charge is -2.16. The summed E-state index contributed by atoms with van der Waals surface area (Å²) >= 11 is 0. The molecule has 0 saturated carbocycles. The molecule has 0 radical (unpaired) electrons. The van der Waals surface area contributed by atoms with E-state index in [2.05, 4.69) is 16.4 Å². The van der Waals surface area contributed by atoms with E-state index in [-0.39, 0.29) is 5.91 Å². The molecule has 0 unspecified atom stereocenters. The lowest BCUT2D eigenvalue weighted by molar-refractivity contribution is 0.0537. The van der Waals surface area contributed by atoms with Crippen LogP contribution in [0.25, 0.3) is 0 Å². The van der Waals surface area contributed by atoms with Crippen LogP contribution >= 0.6 is 0 Å². The smallest absolute Gasteiger partial charge is 0.274 e. The molecule has 80 valence electrons. The summed E-state index contributed by atoms with van der Waals surface area (Å²) in [4.78, 5) is 16.1. The van der Waals surface area contributed by atoms with Gasteiger partial charge in [0.1, 0.15) is 0 Å². The average molecular weight is 205 g/mol. The third kappa shape index (κ3) is 2.18. The second-order valence-corrected chi connectivity index (χ2v) is 3.83. The molecule has 0 spiro atoms. The van der Waals surface area contributed by atoms with Crippen molar-refractivity contribution in [3.05, 3.63) is 34.9 Å². The van der Waals surface area contributed by atoms with E-state index in [1.165, 1.54) is 31.1 Å². The van der Waals surface area contributed by atoms with Gasteiger partial charge < -0.3 is 0 Å². The van der Waals surface area contributed by atoms with E-state index in [0.29, 0.717) is 5.56 Å². The first-order chi connectivity index (χ1) is 7.31. The number of fused-ring (bicyclic) bond motifs is 1. The number of aryl methyl sites for hydroxylation is 2. The van der Waals surface area contributed by atoms with E-state index in [1.54, 1.807) is 0 Å². The Hall–Kier alpha value is -1.35. The Morgan fingerprint density at radius 1 is 1.27 bits per heavy atom. The number of hydroxylamine groups is 1. The Morgan fingerprint density at radius 2 is 2.00 bits per heavy atom. The predicted octanol–water partition coefficient (Wildman–Crippen LogP) is 1.86. The van der Waals surface area contributed by atoms with Gasteiger partial charge in [-0.05, 0) is 48.9 Å². The van der Waals surface area contributed by atoms with Gasteiger partial charge in [0.15, 0.2) is 0 Å².